The highest BCUT2D eigenvalue weighted by molar-refractivity contribution is 9.10. The topological polar surface area (TPSA) is 12.0 Å². The predicted octanol–water partition coefficient (Wildman–Crippen LogP) is 3.44. The smallest absolute Gasteiger partial charge is 0.0384 e. The molecule has 1 heterocycles. The van der Waals surface area contributed by atoms with Crippen LogP contribution < -0.4 is 5.32 Å². The van der Waals surface area contributed by atoms with E-state index in [0.717, 1.165) is 16.9 Å². The second-order valence-corrected chi connectivity index (χ2v) is 4.74. The predicted molar refractivity (Wildman–Crippen MR) is 60.1 cm³/mol. The van der Waals surface area contributed by atoms with Crippen LogP contribution in [0.2, 0.25) is 0 Å². The zero-order valence-corrected chi connectivity index (χ0v) is 9.39. The highest BCUT2D eigenvalue weighted by atomic mass is 79.9. The lowest BCUT2D eigenvalue weighted by atomic mass is 10.0. The van der Waals surface area contributed by atoms with Crippen LogP contribution in [0.5, 0.6) is 0 Å². The molecule has 70 valence electrons. The number of aryl methyl sites for hydroxylation is 1. The van der Waals surface area contributed by atoms with Gasteiger partial charge in [-0.05, 0) is 36.5 Å². The lowest BCUT2D eigenvalue weighted by molar-refractivity contribution is 0.571. The molecule has 0 fully saturated rings. The minimum Gasteiger partial charge on any atom is -0.385 e. The lowest BCUT2D eigenvalue weighted by Crippen LogP contribution is -2.08. The second-order valence-electron chi connectivity index (χ2n) is 3.83. The normalized spacial score (nSPS) is 21.5. The van der Waals surface area contributed by atoms with Crippen molar-refractivity contribution in [3.05, 3.63) is 28.2 Å². The summed E-state index contributed by atoms with van der Waals surface area (Å²) in [6.07, 6.45) is 2.50. The number of nitrogens with one attached hydrogen (secondary N) is 1. The number of anilines is 1. The van der Waals surface area contributed by atoms with Crippen molar-refractivity contribution < 1.29 is 0 Å². The summed E-state index contributed by atoms with van der Waals surface area (Å²) in [6.45, 7) is 3.40. The molecule has 1 nitrogen and oxygen atoms in total. The zero-order chi connectivity index (χ0) is 9.26. The van der Waals surface area contributed by atoms with Crippen molar-refractivity contribution in [3.8, 4) is 0 Å². The number of benzene rings is 1. The highest BCUT2D eigenvalue weighted by Gasteiger charge is 2.11. The van der Waals surface area contributed by atoms with Gasteiger partial charge in [0.05, 0.1) is 0 Å². The molecule has 0 aromatic heterocycles. The Hall–Kier alpha value is -0.500. The van der Waals surface area contributed by atoms with Crippen molar-refractivity contribution in [1.82, 2.24) is 0 Å². The van der Waals surface area contributed by atoms with Gasteiger partial charge in [0.25, 0.3) is 0 Å². The van der Waals surface area contributed by atoms with Crippen LogP contribution in [-0.2, 0) is 6.42 Å². The van der Waals surface area contributed by atoms with Crippen molar-refractivity contribution in [3.63, 3.8) is 0 Å². The maximum absolute atomic E-state index is 3.49. The quantitative estimate of drug-likeness (QED) is 0.732. The fourth-order valence-electron chi connectivity index (χ4n) is 1.72. The van der Waals surface area contributed by atoms with Gasteiger partial charge in [-0.1, -0.05) is 28.9 Å². The Morgan fingerprint density at radius 3 is 3.15 bits per heavy atom. The summed E-state index contributed by atoms with van der Waals surface area (Å²) >= 11 is 3.49. The van der Waals surface area contributed by atoms with Gasteiger partial charge in [-0.25, -0.2) is 0 Å². The standard InChI is InChI=1S/C11H14BrN/c1-8-2-3-9-4-5-10(12)6-11(9)13-7-8/h4-6,8,13H,2-3,7H2,1H3. The third kappa shape index (κ3) is 2.05. The Bertz CT molecular complexity index is 309. The van der Waals surface area contributed by atoms with Gasteiger partial charge in [0.1, 0.15) is 0 Å². The van der Waals surface area contributed by atoms with Gasteiger partial charge in [0, 0.05) is 16.7 Å². The van der Waals surface area contributed by atoms with Crippen LogP contribution >= 0.6 is 15.9 Å². The number of fused-ring (bicyclic) bond motifs is 1. The summed E-state index contributed by atoms with van der Waals surface area (Å²) < 4.78 is 1.16. The summed E-state index contributed by atoms with van der Waals surface area (Å²) in [6, 6.07) is 6.51. The first kappa shape index (κ1) is 9.07. The molecule has 0 radical (unpaired) electrons. The van der Waals surface area contributed by atoms with E-state index in [1.807, 2.05) is 0 Å². The molecule has 0 amide bonds. The molecule has 0 aliphatic carbocycles. The van der Waals surface area contributed by atoms with Crippen LogP contribution in [0.1, 0.15) is 18.9 Å². The van der Waals surface area contributed by atoms with Gasteiger partial charge in [-0.2, -0.15) is 0 Å². The largest absolute Gasteiger partial charge is 0.385 e. The Kier molecular flexibility index (Phi) is 2.58. The number of rotatable bonds is 0. The molecule has 1 aromatic carbocycles. The number of hydrogen-bond donors (Lipinski definition) is 1. The minimum atomic E-state index is 0.783. The van der Waals surface area contributed by atoms with Crippen molar-refractivity contribution >= 4 is 21.6 Å². The summed E-state index contributed by atoms with van der Waals surface area (Å²) in [5, 5.41) is 3.49. The second kappa shape index (κ2) is 3.70. The van der Waals surface area contributed by atoms with Crippen LogP contribution in [-0.4, -0.2) is 6.54 Å². The molecule has 2 heteroatoms. The molecule has 1 aromatic rings. The first-order valence-electron chi connectivity index (χ1n) is 4.78. The maximum atomic E-state index is 3.49. The van der Waals surface area contributed by atoms with Crippen LogP contribution in [0.15, 0.2) is 22.7 Å². The Morgan fingerprint density at radius 2 is 2.31 bits per heavy atom. The summed E-state index contributed by atoms with van der Waals surface area (Å²) in [5.74, 6) is 0.783. The van der Waals surface area contributed by atoms with Crippen molar-refractivity contribution in [2.24, 2.45) is 5.92 Å². The van der Waals surface area contributed by atoms with Gasteiger partial charge in [0.15, 0.2) is 0 Å². The number of halogens is 1. The van der Waals surface area contributed by atoms with Gasteiger partial charge in [0.2, 0.25) is 0 Å². The van der Waals surface area contributed by atoms with E-state index in [9.17, 15) is 0 Å². The van der Waals surface area contributed by atoms with Crippen LogP contribution in [0.3, 0.4) is 0 Å². The highest BCUT2D eigenvalue weighted by Crippen LogP contribution is 2.26. The van der Waals surface area contributed by atoms with E-state index < -0.39 is 0 Å². The van der Waals surface area contributed by atoms with Crippen molar-refractivity contribution in [2.75, 3.05) is 11.9 Å². The van der Waals surface area contributed by atoms with Crippen LogP contribution in [0.25, 0.3) is 0 Å². The molecule has 1 aliphatic heterocycles. The van der Waals surface area contributed by atoms with Crippen LogP contribution in [0.4, 0.5) is 5.69 Å². The molecule has 0 saturated heterocycles. The molecule has 0 bridgehead atoms. The van der Waals surface area contributed by atoms with E-state index in [1.54, 1.807) is 0 Å². The fraction of sp³-hybridized carbons (Fsp3) is 0.455. The molecule has 1 N–H and O–H groups in total. The van der Waals surface area contributed by atoms with Crippen LogP contribution in [0, 0.1) is 5.92 Å². The van der Waals surface area contributed by atoms with E-state index in [1.165, 1.54) is 24.1 Å². The summed E-state index contributed by atoms with van der Waals surface area (Å²) in [5.41, 5.74) is 2.76. The zero-order valence-electron chi connectivity index (χ0n) is 7.81. The summed E-state index contributed by atoms with van der Waals surface area (Å²) in [4.78, 5) is 0. The molecule has 1 aliphatic rings. The van der Waals surface area contributed by atoms with Crippen molar-refractivity contribution in [2.45, 2.75) is 19.8 Å². The fourth-order valence-corrected chi connectivity index (χ4v) is 2.08. The molecular formula is C11H14BrN. The maximum Gasteiger partial charge on any atom is 0.0384 e. The Morgan fingerprint density at radius 1 is 1.46 bits per heavy atom. The third-order valence-corrected chi connectivity index (χ3v) is 3.11. The van der Waals surface area contributed by atoms with E-state index in [-0.39, 0.29) is 0 Å². The molecule has 2 rings (SSSR count). The van der Waals surface area contributed by atoms with Gasteiger partial charge < -0.3 is 5.32 Å². The molecule has 0 saturated carbocycles. The molecule has 1 atom stereocenters. The number of hydrogen-bond acceptors (Lipinski definition) is 1. The molecule has 1 unspecified atom stereocenters. The molecule has 13 heavy (non-hydrogen) atoms. The SMILES string of the molecule is CC1CCc2ccc(Br)cc2NC1. The molecule has 0 spiro atoms. The van der Waals surface area contributed by atoms with Gasteiger partial charge in [-0.3, -0.25) is 0 Å². The van der Waals surface area contributed by atoms with E-state index in [2.05, 4.69) is 46.4 Å². The Balaban J connectivity index is 2.30. The molecular weight excluding hydrogens is 226 g/mol. The van der Waals surface area contributed by atoms with E-state index in [0.29, 0.717) is 0 Å². The first-order chi connectivity index (χ1) is 6.25. The monoisotopic (exact) mass is 239 g/mol. The van der Waals surface area contributed by atoms with Crippen molar-refractivity contribution in [1.29, 1.82) is 0 Å². The first-order valence-corrected chi connectivity index (χ1v) is 5.57. The minimum absolute atomic E-state index is 0.783. The van der Waals surface area contributed by atoms with Gasteiger partial charge in [-0.15, -0.1) is 0 Å². The summed E-state index contributed by atoms with van der Waals surface area (Å²) in [7, 11) is 0. The average Bonchev–Trinajstić information content (AvgIpc) is 2.29. The Labute approximate surface area is 87.7 Å². The lowest BCUT2D eigenvalue weighted by Gasteiger charge is -2.08. The average molecular weight is 240 g/mol. The third-order valence-electron chi connectivity index (χ3n) is 2.62. The van der Waals surface area contributed by atoms with Gasteiger partial charge >= 0.3 is 0 Å². The van der Waals surface area contributed by atoms with E-state index >= 15 is 0 Å². The van der Waals surface area contributed by atoms with E-state index in [4.69, 9.17) is 0 Å².